The van der Waals surface area contributed by atoms with Gasteiger partial charge in [-0.05, 0) is 30.7 Å². The summed E-state index contributed by atoms with van der Waals surface area (Å²) in [5.74, 6) is 0.968. The van der Waals surface area contributed by atoms with E-state index in [1.165, 1.54) is 12.1 Å². The fraction of sp³-hybridized carbons (Fsp3) is 0.214. The van der Waals surface area contributed by atoms with E-state index < -0.39 is 0 Å². The van der Waals surface area contributed by atoms with Gasteiger partial charge in [0.05, 0.1) is 24.7 Å². The fourth-order valence-corrected chi connectivity index (χ4v) is 1.98. The molecule has 0 saturated heterocycles. The van der Waals surface area contributed by atoms with Gasteiger partial charge in [0.1, 0.15) is 17.4 Å². The Morgan fingerprint density at radius 3 is 2.68 bits per heavy atom. The molecule has 0 amide bonds. The number of hydrogen-bond acceptors (Lipinski definition) is 4. The zero-order valence-electron chi connectivity index (χ0n) is 11.1. The predicted molar refractivity (Wildman–Crippen MR) is 74.4 cm³/mol. The second kappa shape index (κ2) is 5.14. The van der Waals surface area contributed by atoms with Gasteiger partial charge in [-0.2, -0.15) is 0 Å². The van der Waals surface area contributed by atoms with Gasteiger partial charge < -0.3 is 15.4 Å². The number of ether oxygens (including phenoxy) is 1. The Kier molecular flexibility index (Phi) is 3.55. The molecule has 2 aromatic rings. The maximum absolute atomic E-state index is 13.4. The number of halogens is 1. The smallest absolute Gasteiger partial charge is 0.142 e. The van der Waals surface area contributed by atoms with E-state index in [2.05, 4.69) is 4.98 Å². The van der Waals surface area contributed by atoms with Crippen molar-refractivity contribution in [1.29, 1.82) is 0 Å². The molecule has 1 aromatic heterocycles. The molecule has 0 spiro atoms. The van der Waals surface area contributed by atoms with Crippen molar-refractivity contribution in [2.75, 3.05) is 24.8 Å². The molecule has 100 valence electrons. The molecule has 2 N–H and O–H groups in total. The molecule has 0 radical (unpaired) electrons. The maximum atomic E-state index is 13.4. The van der Waals surface area contributed by atoms with Crippen LogP contribution in [0.1, 0.15) is 5.56 Å². The summed E-state index contributed by atoms with van der Waals surface area (Å²) in [6.07, 6.45) is 1.57. The van der Waals surface area contributed by atoms with E-state index in [1.807, 2.05) is 20.0 Å². The van der Waals surface area contributed by atoms with Gasteiger partial charge in [-0.15, -0.1) is 0 Å². The minimum absolute atomic E-state index is 0.323. The number of methoxy groups -OCH3 is 1. The molecule has 0 aliphatic rings. The number of pyridine rings is 1. The fourth-order valence-electron chi connectivity index (χ4n) is 1.98. The number of nitrogen functional groups attached to an aromatic ring is 1. The molecule has 19 heavy (non-hydrogen) atoms. The summed E-state index contributed by atoms with van der Waals surface area (Å²) < 4.78 is 18.6. The summed E-state index contributed by atoms with van der Waals surface area (Å²) in [6, 6.07) is 6.19. The van der Waals surface area contributed by atoms with Crippen LogP contribution in [0.15, 0.2) is 30.5 Å². The molecule has 0 saturated carbocycles. The summed E-state index contributed by atoms with van der Waals surface area (Å²) in [5.41, 5.74) is 7.80. The Morgan fingerprint density at radius 2 is 2.05 bits per heavy atom. The third-order valence-corrected chi connectivity index (χ3v) is 2.89. The van der Waals surface area contributed by atoms with Crippen molar-refractivity contribution in [3.05, 3.63) is 41.8 Å². The Balaban J connectivity index is 2.49. The van der Waals surface area contributed by atoms with Crippen molar-refractivity contribution < 1.29 is 9.13 Å². The Labute approximate surface area is 111 Å². The Morgan fingerprint density at radius 1 is 1.32 bits per heavy atom. The highest BCUT2D eigenvalue weighted by molar-refractivity contribution is 5.69. The summed E-state index contributed by atoms with van der Waals surface area (Å²) in [6.45, 7) is 1.90. The maximum Gasteiger partial charge on any atom is 0.142 e. The predicted octanol–water partition coefficient (Wildman–Crippen LogP) is 2.89. The molecular weight excluding hydrogens is 245 g/mol. The number of aromatic nitrogens is 1. The van der Waals surface area contributed by atoms with Crippen LogP contribution in [0.3, 0.4) is 0 Å². The second-order valence-electron chi connectivity index (χ2n) is 4.28. The summed E-state index contributed by atoms with van der Waals surface area (Å²) in [7, 11) is 3.36. The number of hydrogen-bond donors (Lipinski definition) is 1. The van der Waals surface area contributed by atoms with Crippen LogP contribution in [0.25, 0.3) is 0 Å². The summed E-state index contributed by atoms with van der Waals surface area (Å²) in [4.78, 5) is 6.06. The van der Waals surface area contributed by atoms with Crippen molar-refractivity contribution in [2.45, 2.75) is 6.92 Å². The van der Waals surface area contributed by atoms with E-state index in [0.717, 1.165) is 5.56 Å². The molecule has 0 aliphatic heterocycles. The van der Waals surface area contributed by atoms with Gasteiger partial charge in [0, 0.05) is 13.1 Å². The number of nitrogens with two attached hydrogens (primary N) is 1. The second-order valence-corrected chi connectivity index (χ2v) is 4.28. The van der Waals surface area contributed by atoms with Crippen molar-refractivity contribution in [3.8, 4) is 5.75 Å². The number of rotatable bonds is 3. The van der Waals surface area contributed by atoms with E-state index in [4.69, 9.17) is 10.5 Å². The minimum atomic E-state index is -0.323. The van der Waals surface area contributed by atoms with E-state index in [0.29, 0.717) is 22.9 Å². The van der Waals surface area contributed by atoms with Crippen LogP contribution in [0.4, 0.5) is 21.6 Å². The van der Waals surface area contributed by atoms with Gasteiger partial charge >= 0.3 is 0 Å². The third-order valence-electron chi connectivity index (χ3n) is 2.89. The molecule has 0 aliphatic carbocycles. The minimum Gasteiger partial charge on any atom is -0.495 e. The molecule has 2 rings (SSSR count). The molecular formula is C14H16FN3O. The van der Waals surface area contributed by atoms with Crippen LogP contribution in [0, 0.1) is 12.7 Å². The van der Waals surface area contributed by atoms with Gasteiger partial charge in [-0.1, -0.05) is 0 Å². The van der Waals surface area contributed by atoms with Crippen molar-refractivity contribution in [3.63, 3.8) is 0 Å². The van der Waals surface area contributed by atoms with Crippen LogP contribution in [0.2, 0.25) is 0 Å². The van der Waals surface area contributed by atoms with E-state index in [9.17, 15) is 4.39 Å². The average molecular weight is 261 g/mol. The quantitative estimate of drug-likeness (QED) is 0.923. The Bertz CT molecular complexity index is 601. The average Bonchev–Trinajstić information content (AvgIpc) is 2.38. The standard InChI is InChI=1S/C14H16FN3O/c1-9-6-11(16)8-17-14(9)18(2)12-7-10(15)4-5-13(12)19-3/h4-8H,16H2,1-3H3. The highest BCUT2D eigenvalue weighted by Crippen LogP contribution is 2.33. The number of nitrogens with zero attached hydrogens (tertiary/aromatic N) is 2. The van der Waals surface area contributed by atoms with E-state index >= 15 is 0 Å². The number of benzene rings is 1. The lowest BCUT2D eigenvalue weighted by atomic mass is 10.2. The van der Waals surface area contributed by atoms with Crippen LogP contribution >= 0.6 is 0 Å². The first kappa shape index (κ1) is 13.1. The van der Waals surface area contributed by atoms with Gasteiger partial charge in [-0.3, -0.25) is 0 Å². The first-order valence-electron chi connectivity index (χ1n) is 5.82. The molecule has 0 fully saturated rings. The normalized spacial score (nSPS) is 10.3. The highest BCUT2D eigenvalue weighted by Gasteiger charge is 2.14. The monoisotopic (exact) mass is 261 g/mol. The zero-order valence-corrected chi connectivity index (χ0v) is 11.1. The lowest BCUT2D eigenvalue weighted by Gasteiger charge is -2.22. The first-order chi connectivity index (χ1) is 9.02. The number of anilines is 3. The molecule has 1 heterocycles. The lowest BCUT2D eigenvalue weighted by molar-refractivity contribution is 0.414. The third kappa shape index (κ3) is 2.59. The van der Waals surface area contributed by atoms with Gasteiger partial charge in [0.2, 0.25) is 0 Å². The van der Waals surface area contributed by atoms with E-state index in [1.54, 1.807) is 24.3 Å². The van der Waals surface area contributed by atoms with Crippen molar-refractivity contribution in [2.24, 2.45) is 0 Å². The van der Waals surface area contributed by atoms with Crippen LogP contribution in [0.5, 0.6) is 5.75 Å². The molecule has 0 atom stereocenters. The van der Waals surface area contributed by atoms with Crippen LogP contribution in [-0.4, -0.2) is 19.1 Å². The summed E-state index contributed by atoms with van der Waals surface area (Å²) >= 11 is 0. The topological polar surface area (TPSA) is 51.4 Å². The van der Waals surface area contributed by atoms with Crippen LogP contribution in [-0.2, 0) is 0 Å². The van der Waals surface area contributed by atoms with E-state index in [-0.39, 0.29) is 5.82 Å². The van der Waals surface area contributed by atoms with Gasteiger partial charge in [0.15, 0.2) is 0 Å². The van der Waals surface area contributed by atoms with Crippen molar-refractivity contribution >= 4 is 17.2 Å². The molecule has 5 heteroatoms. The zero-order chi connectivity index (χ0) is 14.0. The SMILES string of the molecule is COc1ccc(F)cc1N(C)c1ncc(N)cc1C. The molecule has 4 nitrogen and oxygen atoms in total. The lowest BCUT2D eigenvalue weighted by Crippen LogP contribution is -2.14. The van der Waals surface area contributed by atoms with Crippen LogP contribution < -0.4 is 15.4 Å². The van der Waals surface area contributed by atoms with Gasteiger partial charge in [0.25, 0.3) is 0 Å². The molecule has 0 unspecified atom stereocenters. The molecule has 1 aromatic carbocycles. The first-order valence-corrected chi connectivity index (χ1v) is 5.82. The largest absolute Gasteiger partial charge is 0.495 e. The molecule has 0 bridgehead atoms. The van der Waals surface area contributed by atoms with Crippen molar-refractivity contribution in [1.82, 2.24) is 4.98 Å². The summed E-state index contributed by atoms with van der Waals surface area (Å²) in [5, 5.41) is 0. The Hall–Kier alpha value is -2.30. The van der Waals surface area contributed by atoms with Gasteiger partial charge in [-0.25, -0.2) is 9.37 Å². The highest BCUT2D eigenvalue weighted by atomic mass is 19.1. The number of aryl methyl sites for hydroxylation is 1.